The van der Waals surface area contributed by atoms with Gasteiger partial charge in [-0.15, -0.1) is 0 Å². The molecule has 1 N–H and O–H groups in total. The Morgan fingerprint density at radius 3 is 2.30 bits per heavy atom. The van der Waals surface area contributed by atoms with Crippen LogP contribution >= 0.6 is 0 Å². The van der Waals surface area contributed by atoms with Crippen molar-refractivity contribution in [1.82, 2.24) is 5.16 Å². The summed E-state index contributed by atoms with van der Waals surface area (Å²) in [6.45, 7) is 2.92. The fourth-order valence-electron chi connectivity index (χ4n) is 2.19. The molecule has 124 valence electrons. The number of aryl methyl sites for hydroxylation is 2. The van der Waals surface area contributed by atoms with E-state index in [1.807, 2.05) is 0 Å². The smallest absolute Gasteiger partial charge is 0.376 e. The van der Waals surface area contributed by atoms with Gasteiger partial charge in [-0.3, -0.25) is 10.1 Å². The van der Waals surface area contributed by atoms with Crippen molar-refractivity contribution in [1.29, 1.82) is 0 Å². The van der Waals surface area contributed by atoms with Gasteiger partial charge in [0.25, 0.3) is 0 Å². The molecule has 1 atom stereocenters. The standard InChI is InChI=1S/C14H13F3N2O4/c1-8-3-5-10(6-4-8)13(20,14(15,16)17)7-11-12(19(21)22)9(2)18-23-11/h3-6,20H,7H2,1-2H3. The summed E-state index contributed by atoms with van der Waals surface area (Å²) in [7, 11) is 0. The third-order valence-electron chi connectivity index (χ3n) is 3.50. The Hall–Kier alpha value is -2.42. The molecule has 1 aromatic heterocycles. The molecule has 0 saturated carbocycles. The summed E-state index contributed by atoms with van der Waals surface area (Å²) in [4.78, 5) is 10.1. The highest BCUT2D eigenvalue weighted by Gasteiger charge is 2.56. The number of rotatable bonds is 4. The number of hydrogen-bond acceptors (Lipinski definition) is 5. The van der Waals surface area contributed by atoms with E-state index < -0.39 is 40.1 Å². The first kappa shape index (κ1) is 16.9. The van der Waals surface area contributed by atoms with Crippen molar-refractivity contribution in [2.75, 3.05) is 0 Å². The van der Waals surface area contributed by atoms with Crippen molar-refractivity contribution in [3.05, 3.63) is 57.0 Å². The van der Waals surface area contributed by atoms with Crippen LogP contribution in [0.15, 0.2) is 28.8 Å². The molecule has 23 heavy (non-hydrogen) atoms. The zero-order chi connectivity index (χ0) is 17.4. The molecule has 0 aliphatic carbocycles. The molecule has 0 amide bonds. The Morgan fingerprint density at radius 1 is 1.26 bits per heavy atom. The third-order valence-corrected chi connectivity index (χ3v) is 3.50. The summed E-state index contributed by atoms with van der Waals surface area (Å²) in [5.41, 5.74) is -3.87. The van der Waals surface area contributed by atoms with Gasteiger partial charge in [0.15, 0.2) is 11.3 Å². The molecular formula is C14H13F3N2O4. The predicted octanol–water partition coefficient (Wildman–Crippen LogP) is 3.19. The van der Waals surface area contributed by atoms with Gasteiger partial charge in [0.1, 0.15) is 0 Å². The highest BCUT2D eigenvalue weighted by Crippen LogP contribution is 2.43. The van der Waals surface area contributed by atoms with Gasteiger partial charge < -0.3 is 9.63 Å². The highest BCUT2D eigenvalue weighted by atomic mass is 19.4. The third kappa shape index (κ3) is 3.04. The molecule has 0 fully saturated rings. The number of aliphatic hydroxyl groups is 1. The van der Waals surface area contributed by atoms with E-state index in [2.05, 4.69) is 9.68 Å². The van der Waals surface area contributed by atoms with Gasteiger partial charge in [-0.1, -0.05) is 35.0 Å². The monoisotopic (exact) mass is 330 g/mol. The van der Waals surface area contributed by atoms with E-state index in [1.165, 1.54) is 19.1 Å². The summed E-state index contributed by atoms with van der Waals surface area (Å²) in [5.74, 6) is -0.632. The molecule has 0 aliphatic heterocycles. The van der Waals surface area contributed by atoms with Gasteiger partial charge >= 0.3 is 11.9 Å². The van der Waals surface area contributed by atoms with Crippen molar-refractivity contribution in [2.24, 2.45) is 0 Å². The largest absolute Gasteiger partial charge is 0.421 e. The molecule has 1 heterocycles. The minimum atomic E-state index is -5.06. The van der Waals surface area contributed by atoms with Crippen LogP contribution in [-0.2, 0) is 12.0 Å². The number of aromatic nitrogens is 1. The zero-order valence-electron chi connectivity index (χ0n) is 12.2. The zero-order valence-corrected chi connectivity index (χ0v) is 12.2. The first-order valence-corrected chi connectivity index (χ1v) is 6.52. The lowest BCUT2D eigenvalue weighted by molar-refractivity contribution is -0.387. The first-order valence-electron chi connectivity index (χ1n) is 6.52. The van der Waals surface area contributed by atoms with E-state index in [9.17, 15) is 28.4 Å². The number of nitro groups is 1. The summed E-state index contributed by atoms with van der Waals surface area (Å²) < 4.78 is 44.9. The van der Waals surface area contributed by atoms with Gasteiger partial charge in [0.2, 0.25) is 5.76 Å². The Bertz CT molecular complexity index is 725. The van der Waals surface area contributed by atoms with Crippen LogP contribution in [0.4, 0.5) is 18.9 Å². The van der Waals surface area contributed by atoms with Crippen molar-refractivity contribution in [3.63, 3.8) is 0 Å². The molecule has 0 saturated heterocycles. The van der Waals surface area contributed by atoms with Gasteiger partial charge in [-0.05, 0) is 19.4 Å². The van der Waals surface area contributed by atoms with Crippen LogP contribution in [-0.4, -0.2) is 21.4 Å². The Labute approximate surface area is 128 Å². The maximum absolute atomic E-state index is 13.4. The summed E-state index contributed by atoms with van der Waals surface area (Å²) in [6, 6.07) is 5.06. The first-order chi connectivity index (χ1) is 10.6. The SMILES string of the molecule is Cc1ccc(C(O)(Cc2onc(C)c2[N+](=O)[O-])C(F)(F)F)cc1. The van der Waals surface area contributed by atoms with Crippen LogP contribution in [0.3, 0.4) is 0 Å². The van der Waals surface area contributed by atoms with Crippen molar-refractivity contribution in [2.45, 2.75) is 32.0 Å². The van der Waals surface area contributed by atoms with Gasteiger partial charge in [-0.2, -0.15) is 13.2 Å². The topological polar surface area (TPSA) is 89.4 Å². The lowest BCUT2D eigenvalue weighted by Gasteiger charge is -2.30. The minimum absolute atomic E-state index is 0.154. The summed E-state index contributed by atoms with van der Waals surface area (Å²) in [5, 5.41) is 24.5. The Kier molecular flexibility index (Phi) is 4.16. The van der Waals surface area contributed by atoms with Gasteiger partial charge in [-0.25, -0.2) is 0 Å². The highest BCUT2D eigenvalue weighted by molar-refractivity contribution is 5.40. The predicted molar refractivity (Wildman–Crippen MR) is 72.7 cm³/mol. The van der Waals surface area contributed by atoms with Crippen LogP contribution in [0.25, 0.3) is 0 Å². The molecule has 2 aromatic rings. The average Bonchev–Trinajstić information content (AvgIpc) is 2.79. The normalized spacial score (nSPS) is 14.5. The molecule has 9 heteroatoms. The maximum Gasteiger partial charge on any atom is 0.421 e. The lowest BCUT2D eigenvalue weighted by atomic mass is 9.88. The van der Waals surface area contributed by atoms with Crippen LogP contribution in [0.5, 0.6) is 0 Å². The molecule has 1 unspecified atom stereocenters. The number of nitrogens with zero attached hydrogens (tertiary/aromatic N) is 2. The molecule has 6 nitrogen and oxygen atoms in total. The Morgan fingerprint density at radius 2 is 1.83 bits per heavy atom. The van der Waals surface area contributed by atoms with Crippen LogP contribution in [0, 0.1) is 24.0 Å². The number of halogens is 3. The van der Waals surface area contributed by atoms with Crippen molar-refractivity contribution in [3.8, 4) is 0 Å². The molecule has 0 radical (unpaired) electrons. The van der Waals surface area contributed by atoms with Gasteiger partial charge in [0.05, 0.1) is 11.3 Å². The van der Waals surface area contributed by atoms with E-state index in [1.54, 1.807) is 6.92 Å². The van der Waals surface area contributed by atoms with E-state index >= 15 is 0 Å². The van der Waals surface area contributed by atoms with E-state index in [-0.39, 0.29) is 5.69 Å². The fraction of sp³-hybridized carbons (Fsp3) is 0.357. The van der Waals surface area contributed by atoms with Gasteiger partial charge in [0, 0.05) is 0 Å². The summed E-state index contributed by atoms with van der Waals surface area (Å²) in [6.07, 6.45) is -6.20. The van der Waals surface area contributed by atoms with E-state index in [4.69, 9.17) is 0 Å². The van der Waals surface area contributed by atoms with Crippen LogP contribution in [0.1, 0.15) is 22.6 Å². The quantitative estimate of drug-likeness (QED) is 0.687. The minimum Gasteiger partial charge on any atom is -0.376 e. The molecule has 0 aliphatic rings. The molecule has 1 aromatic carbocycles. The summed E-state index contributed by atoms with van der Waals surface area (Å²) >= 11 is 0. The van der Waals surface area contributed by atoms with Crippen LogP contribution in [0.2, 0.25) is 0 Å². The van der Waals surface area contributed by atoms with E-state index in [0.717, 1.165) is 12.1 Å². The molecule has 0 bridgehead atoms. The molecular weight excluding hydrogens is 317 g/mol. The van der Waals surface area contributed by atoms with Crippen molar-refractivity contribution >= 4 is 5.69 Å². The number of benzene rings is 1. The average molecular weight is 330 g/mol. The lowest BCUT2D eigenvalue weighted by Crippen LogP contribution is -2.44. The fourth-order valence-corrected chi connectivity index (χ4v) is 2.19. The number of alkyl halides is 3. The second kappa shape index (κ2) is 5.65. The second-order valence-electron chi connectivity index (χ2n) is 5.20. The van der Waals surface area contributed by atoms with Crippen LogP contribution < -0.4 is 0 Å². The van der Waals surface area contributed by atoms with E-state index in [0.29, 0.717) is 5.56 Å². The van der Waals surface area contributed by atoms with Crippen molar-refractivity contribution < 1.29 is 27.7 Å². The molecule has 0 spiro atoms. The Balaban J connectivity index is 2.53. The molecule has 2 rings (SSSR count). The maximum atomic E-state index is 13.4. The number of hydrogen-bond donors (Lipinski definition) is 1. The second-order valence-corrected chi connectivity index (χ2v) is 5.20.